The van der Waals surface area contributed by atoms with E-state index >= 15 is 0 Å². The van der Waals surface area contributed by atoms with Crippen molar-refractivity contribution < 1.29 is 20.4 Å². The lowest BCUT2D eigenvalue weighted by Gasteiger charge is -2.18. The van der Waals surface area contributed by atoms with Crippen molar-refractivity contribution in [3.63, 3.8) is 0 Å². The van der Waals surface area contributed by atoms with Gasteiger partial charge in [0.15, 0.2) is 17.3 Å². The maximum absolute atomic E-state index is 10.9. The molecule has 2 aromatic heterocycles. The molecular weight excluding hydrogens is 573 g/mol. The number of phenols is 4. The minimum Gasteiger partial charge on any atom is -0.508 e. The van der Waals surface area contributed by atoms with Crippen LogP contribution in [0.4, 0.5) is 0 Å². The number of aromatic nitrogens is 3. The van der Waals surface area contributed by atoms with Crippen LogP contribution in [-0.2, 0) is 6.42 Å². The summed E-state index contributed by atoms with van der Waals surface area (Å²) in [5.74, 6) is -3.27. The average Bonchev–Trinajstić information content (AvgIpc) is 3.10. The van der Waals surface area contributed by atoms with Gasteiger partial charge in [0.1, 0.15) is 19.2 Å². The van der Waals surface area contributed by atoms with Crippen LogP contribution in [0.3, 0.4) is 0 Å². The molecule has 5 aromatic rings. The molecular formula is C38H30BN3O4. The van der Waals surface area contributed by atoms with Crippen LogP contribution in [0.2, 0.25) is 0 Å². The lowest BCUT2D eigenvalue weighted by molar-refractivity contribution is 0.365. The van der Waals surface area contributed by atoms with Crippen molar-refractivity contribution in [2.45, 2.75) is 19.8 Å². The molecule has 0 atom stereocenters. The Kier molecular flexibility index (Phi) is 8.27. The van der Waals surface area contributed by atoms with Gasteiger partial charge in [0.2, 0.25) is 5.75 Å². The van der Waals surface area contributed by atoms with E-state index in [1.54, 1.807) is 12.4 Å². The number of pyridine rings is 1. The Hall–Kier alpha value is -5.89. The highest BCUT2D eigenvalue weighted by Crippen LogP contribution is 2.46. The number of hydrogen-bond acceptors (Lipinski definition) is 7. The monoisotopic (exact) mass is 603 g/mol. The Morgan fingerprint density at radius 2 is 1.61 bits per heavy atom. The molecule has 224 valence electrons. The van der Waals surface area contributed by atoms with Crippen molar-refractivity contribution in [1.29, 1.82) is 0 Å². The number of phenolic OH excluding ortho intramolecular Hbond substituents is 4. The molecule has 0 saturated carbocycles. The third kappa shape index (κ3) is 5.68. The van der Waals surface area contributed by atoms with Crippen LogP contribution < -0.4 is 5.46 Å². The molecule has 0 fully saturated rings. The molecule has 8 heteroatoms. The van der Waals surface area contributed by atoms with Gasteiger partial charge in [-0.1, -0.05) is 79.4 Å². The van der Waals surface area contributed by atoms with Crippen LogP contribution in [0, 0.1) is 0 Å². The van der Waals surface area contributed by atoms with Crippen molar-refractivity contribution >= 4 is 24.5 Å². The molecule has 6 rings (SSSR count). The second-order valence-electron chi connectivity index (χ2n) is 11.0. The van der Waals surface area contributed by atoms with Crippen LogP contribution >= 0.6 is 0 Å². The Morgan fingerprint density at radius 3 is 2.39 bits per heavy atom. The largest absolute Gasteiger partial charge is 0.508 e. The fourth-order valence-electron chi connectivity index (χ4n) is 5.55. The second kappa shape index (κ2) is 12.6. The summed E-state index contributed by atoms with van der Waals surface area (Å²) in [7, 11) is 5.86. The van der Waals surface area contributed by atoms with E-state index in [0.29, 0.717) is 11.4 Å². The molecule has 1 aliphatic rings. The van der Waals surface area contributed by atoms with E-state index in [4.69, 9.17) is 7.85 Å². The van der Waals surface area contributed by atoms with Crippen LogP contribution in [0.1, 0.15) is 30.2 Å². The minimum atomic E-state index is -0.883. The summed E-state index contributed by atoms with van der Waals surface area (Å²) in [6.45, 7) is 5.96. The third-order valence-electron chi connectivity index (χ3n) is 8.05. The molecule has 0 amide bonds. The van der Waals surface area contributed by atoms with E-state index in [2.05, 4.69) is 45.8 Å². The first-order valence-corrected chi connectivity index (χ1v) is 14.7. The van der Waals surface area contributed by atoms with Gasteiger partial charge < -0.3 is 20.4 Å². The molecule has 0 aliphatic heterocycles. The van der Waals surface area contributed by atoms with Gasteiger partial charge >= 0.3 is 0 Å². The Labute approximate surface area is 268 Å². The van der Waals surface area contributed by atoms with Gasteiger partial charge in [-0.15, -0.1) is 0 Å². The highest BCUT2D eigenvalue weighted by Gasteiger charge is 2.25. The van der Waals surface area contributed by atoms with Gasteiger partial charge in [0.05, 0.1) is 11.4 Å². The molecule has 0 bridgehead atoms. The van der Waals surface area contributed by atoms with Crippen molar-refractivity contribution in [3.8, 4) is 56.8 Å². The number of rotatable bonds is 7. The first-order chi connectivity index (χ1) is 22.3. The Balaban J connectivity index is 1.50. The maximum Gasteiger partial charge on any atom is 0.200 e. The van der Waals surface area contributed by atoms with Crippen LogP contribution in [0.25, 0.3) is 44.9 Å². The average molecular weight is 603 g/mol. The molecule has 3 aromatic carbocycles. The molecule has 0 spiro atoms. The zero-order chi connectivity index (χ0) is 32.4. The maximum atomic E-state index is 10.9. The fourth-order valence-corrected chi connectivity index (χ4v) is 5.55. The molecule has 0 unspecified atom stereocenters. The van der Waals surface area contributed by atoms with Crippen molar-refractivity contribution in [3.05, 3.63) is 132 Å². The molecule has 1 aliphatic carbocycles. The highest BCUT2D eigenvalue weighted by atomic mass is 16.3. The summed E-state index contributed by atoms with van der Waals surface area (Å²) in [6, 6.07) is 21.7. The van der Waals surface area contributed by atoms with E-state index in [1.165, 1.54) is 11.1 Å². The Bertz CT molecular complexity index is 2060. The van der Waals surface area contributed by atoms with Gasteiger partial charge in [-0.2, -0.15) is 0 Å². The zero-order valence-electron chi connectivity index (χ0n) is 25.1. The van der Waals surface area contributed by atoms with Crippen molar-refractivity contribution in [2.24, 2.45) is 0 Å². The lowest BCUT2D eigenvalue weighted by atomic mass is 9.86. The van der Waals surface area contributed by atoms with E-state index < -0.39 is 28.5 Å². The number of benzene rings is 3. The lowest BCUT2D eigenvalue weighted by Crippen LogP contribution is -2.07. The number of nitrogens with zero attached hydrogens (tertiary/aromatic N) is 3. The standard InChI is InChI=1S/C38H30BN3O4/c1-3-23(28-15-7-10-24-9-4-5-14-29(24)28)17-16-22(2)30-20-31(26-12-6-11-25(19-26)27-13-8-18-40-21-27)42-38(41-30)32-34(43)33(39)36(45)37(46)35(32)44/h3-6,8-9,11-21,43-46H,1,7,10H2,2H3/b22-16+,23-17+. The minimum absolute atomic E-state index is 0.0964. The topological polar surface area (TPSA) is 120 Å². The van der Waals surface area contributed by atoms with Crippen LogP contribution in [0.15, 0.2) is 116 Å². The summed E-state index contributed by atoms with van der Waals surface area (Å²) in [6.07, 6.45) is 13.4. The number of hydrogen-bond donors (Lipinski definition) is 4. The first kappa shape index (κ1) is 30.2. The van der Waals surface area contributed by atoms with Crippen molar-refractivity contribution in [1.82, 2.24) is 15.0 Å². The van der Waals surface area contributed by atoms with Gasteiger partial charge in [0, 0.05) is 23.5 Å². The van der Waals surface area contributed by atoms with Gasteiger partial charge in [-0.25, -0.2) is 9.97 Å². The highest BCUT2D eigenvalue weighted by molar-refractivity contribution is 6.37. The van der Waals surface area contributed by atoms with Gasteiger partial charge in [0.25, 0.3) is 0 Å². The van der Waals surface area contributed by atoms with E-state index in [0.717, 1.165) is 46.3 Å². The van der Waals surface area contributed by atoms with E-state index in [-0.39, 0.29) is 11.4 Å². The van der Waals surface area contributed by atoms with E-state index in [1.807, 2.05) is 73.7 Å². The van der Waals surface area contributed by atoms with Gasteiger partial charge in [-0.05, 0) is 76.8 Å². The zero-order valence-corrected chi connectivity index (χ0v) is 25.1. The second-order valence-corrected chi connectivity index (χ2v) is 11.0. The molecule has 0 saturated heterocycles. The molecule has 4 N–H and O–H groups in total. The van der Waals surface area contributed by atoms with Gasteiger partial charge in [-0.3, -0.25) is 4.98 Å². The molecule has 2 radical (unpaired) electrons. The molecule has 2 heterocycles. The molecule has 46 heavy (non-hydrogen) atoms. The fraction of sp³-hybridized carbons (Fsp3) is 0.0789. The van der Waals surface area contributed by atoms with Crippen LogP contribution in [0.5, 0.6) is 23.0 Å². The summed E-state index contributed by atoms with van der Waals surface area (Å²) < 4.78 is 0. The summed E-state index contributed by atoms with van der Waals surface area (Å²) >= 11 is 0. The molecule has 7 nitrogen and oxygen atoms in total. The summed E-state index contributed by atoms with van der Waals surface area (Å²) in [5.41, 5.74) is 8.04. The van der Waals surface area contributed by atoms with Crippen molar-refractivity contribution in [2.75, 3.05) is 0 Å². The SMILES string of the molecule is [B]c1c(O)c(O)c(O)c(-c2nc(/C(C)=C/C=C(\C=C)C3=CCCc4ccccc43)cc(-c3cccc(-c4cccnc4)c3)n2)c1O. The normalized spacial score (nSPS) is 13.2. The third-order valence-corrected chi connectivity index (χ3v) is 8.05. The number of aromatic hydroxyl groups is 4. The number of aryl methyl sites for hydroxylation is 1. The van der Waals surface area contributed by atoms with E-state index in [9.17, 15) is 20.4 Å². The first-order valence-electron chi connectivity index (χ1n) is 14.7. The summed E-state index contributed by atoms with van der Waals surface area (Å²) in [4.78, 5) is 13.6. The smallest absolute Gasteiger partial charge is 0.200 e. The predicted octanol–water partition coefficient (Wildman–Crippen LogP) is 7.03. The predicted molar refractivity (Wildman–Crippen MR) is 183 cm³/mol. The summed E-state index contributed by atoms with van der Waals surface area (Å²) in [5, 5.41) is 42.1. The Morgan fingerprint density at radius 1 is 0.826 bits per heavy atom. The van der Waals surface area contributed by atoms with Crippen LogP contribution in [-0.4, -0.2) is 43.2 Å². The number of allylic oxidation sites excluding steroid dienone is 7. The number of fused-ring (bicyclic) bond motifs is 1. The quantitative estimate of drug-likeness (QED) is 0.0682.